The van der Waals surface area contributed by atoms with E-state index in [9.17, 15) is 9.59 Å². The highest BCUT2D eigenvalue weighted by Crippen LogP contribution is 2.23. The van der Waals surface area contributed by atoms with Crippen molar-refractivity contribution in [2.45, 2.75) is 32.4 Å². The zero-order valence-corrected chi connectivity index (χ0v) is 12.0. The fourth-order valence-corrected chi connectivity index (χ4v) is 2.43. The Bertz CT molecular complexity index is 389. The minimum absolute atomic E-state index is 0.0235. The molecule has 1 heterocycles. The second-order valence-corrected chi connectivity index (χ2v) is 5.09. The van der Waals surface area contributed by atoms with Crippen LogP contribution in [0.2, 0.25) is 0 Å². The van der Waals surface area contributed by atoms with E-state index in [4.69, 9.17) is 5.26 Å². The second kappa shape index (κ2) is 6.53. The molecule has 19 heavy (non-hydrogen) atoms. The Hall–Kier alpha value is -1.61. The van der Waals surface area contributed by atoms with E-state index < -0.39 is 0 Å². The van der Waals surface area contributed by atoms with Crippen molar-refractivity contribution in [3.8, 4) is 6.07 Å². The van der Waals surface area contributed by atoms with Gasteiger partial charge in [0, 0.05) is 26.7 Å². The van der Waals surface area contributed by atoms with Crippen LogP contribution < -0.4 is 5.32 Å². The Morgan fingerprint density at radius 1 is 1.37 bits per heavy atom. The number of likely N-dealkylation sites (N-methyl/N-ethyl adjacent to an activating group) is 1. The van der Waals surface area contributed by atoms with Gasteiger partial charge < -0.3 is 15.1 Å². The summed E-state index contributed by atoms with van der Waals surface area (Å²) in [5.41, 5.74) is 0. The summed E-state index contributed by atoms with van der Waals surface area (Å²) in [7, 11) is 3.44. The summed E-state index contributed by atoms with van der Waals surface area (Å²) in [5, 5.41) is 11.9. The molecule has 6 nitrogen and oxygen atoms in total. The molecule has 0 spiro atoms. The largest absolute Gasteiger partial charge is 0.349 e. The summed E-state index contributed by atoms with van der Waals surface area (Å²) < 4.78 is 0. The standard InChI is InChI=1S/C13H22N4O2/c1-5-17(7-6-14)13(19)11-8-10(9(2)15-11)12(18)16(3)4/h9-11,15H,5,7-8H2,1-4H3/t9-,10-,11-/m0/s1. The average molecular weight is 266 g/mol. The summed E-state index contributed by atoms with van der Waals surface area (Å²) in [6.07, 6.45) is 0.499. The first-order chi connectivity index (χ1) is 8.92. The molecule has 1 aliphatic heterocycles. The van der Waals surface area contributed by atoms with Gasteiger partial charge >= 0.3 is 0 Å². The van der Waals surface area contributed by atoms with Crippen LogP contribution in [0.15, 0.2) is 0 Å². The Kier molecular flexibility index (Phi) is 5.31. The molecular formula is C13H22N4O2. The molecule has 1 aliphatic rings. The fourth-order valence-electron chi connectivity index (χ4n) is 2.43. The van der Waals surface area contributed by atoms with Gasteiger partial charge in [-0.2, -0.15) is 5.26 Å². The van der Waals surface area contributed by atoms with E-state index in [2.05, 4.69) is 5.32 Å². The third-order valence-electron chi connectivity index (χ3n) is 3.57. The predicted molar refractivity (Wildman–Crippen MR) is 71.1 cm³/mol. The molecule has 0 aromatic heterocycles. The number of amides is 2. The van der Waals surface area contributed by atoms with Gasteiger partial charge in [0.25, 0.3) is 0 Å². The van der Waals surface area contributed by atoms with E-state index in [0.29, 0.717) is 13.0 Å². The molecule has 0 saturated carbocycles. The summed E-state index contributed by atoms with van der Waals surface area (Å²) >= 11 is 0. The van der Waals surface area contributed by atoms with Crippen LogP contribution in [0.5, 0.6) is 0 Å². The zero-order chi connectivity index (χ0) is 14.6. The van der Waals surface area contributed by atoms with Crippen molar-refractivity contribution in [2.75, 3.05) is 27.2 Å². The van der Waals surface area contributed by atoms with Gasteiger partial charge in [0.2, 0.25) is 11.8 Å². The van der Waals surface area contributed by atoms with Crippen LogP contribution in [0.25, 0.3) is 0 Å². The number of nitrogens with one attached hydrogen (secondary N) is 1. The van der Waals surface area contributed by atoms with Crippen molar-refractivity contribution >= 4 is 11.8 Å². The summed E-state index contributed by atoms with van der Waals surface area (Å²) in [6, 6.07) is 1.60. The molecular weight excluding hydrogens is 244 g/mol. The lowest BCUT2D eigenvalue weighted by Gasteiger charge is -2.21. The van der Waals surface area contributed by atoms with Gasteiger partial charge in [-0.25, -0.2) is 0 Å². The van der Waals surface area contributed by atoms with Crippen molar-refractivity contribution in [2.24, 2.45) is 5.92 Å². The summed E-state index contributed by atoms with van der Waals surface area (Å²) in [6.45, 7) is 4.36. The van der Waals surface area contributed by atoms with Gasteiger partial charge in [0.15, 0.2) is 0 Å². The lowest BCUT2D eigenvalue weighted by molar-refractivity contribution is -0.133. The van der Waals surface area contributed by atoms with Gasteiger partial charge in [0.05, 0.1) is 18.0 Å². The third kappa shape index (κ3) is 3.44. The number of rotatable bonds is 4. The number of hydrogen-bond acceptors (Lipinski definition) is 4. The van der Waals surface area contributed by atoms with E-state index in [0.717, 1.165) is 0 Å². The van der Waals surface area contributed by atoms with E-state index in [1.54, 1.807) is 19.0 Å². The van der Waals surface area contributed by atoms with Gasteiger partial charge in [-0.1, -0.05) is 0 Å². The molecule has 6 heteroatoms. The fraction of sp³-hybridized carbons (Fsp3) is 0.769. The second-order valence-electron chi connectivity index (χ2n) is 5.09. The topological polar surface area (TPSA) is 76.4 Å². The maximum absolute atomic E-state index is 12.2. The molecule has 1 fully saturated rings. The number of nitrogens with zero attached hydrogens (tertiary/aromatic N) is 3. The van der Waals surface area contributed by atoms with Gasteiger partial charge in [-0.05, 0) is 20.3 Å². The maximum atomic E-state index is 12.2. The molecule has 0 bridgehead atoms. The number of carbonyl (C=O) groups excluding carboxylic acids is 2. The third-order valence-corrected chi connectivity index (χ3v) is 3.57. The van der Waals surface area contributed by atoms with Crippen LogP contribution in [-0.4, -0.2) is 60.9 Å². The minimum Gasteiger partial charge on any atom is -0.349 e. The van der Waals surface area contributed by atoms with Crippen molar-refractivity contribution in [1.82, 2.24) is 15.1 Å². The average Bonchev–Trinajstić information content (AvgIpc) is 2.76. The van der Waals surface area contributed by atoms with E-state index in [1.165, 1.54) is 4.90 Å². The molecule has 0 radical (unpaired) electrons. The van der Waals surface area contributed by atoms with Crippen molar-refractivity contribution in [1.29, 1.82) is 5.26 Å². The molecule has 0 aliphatic carbocycles. The predicted octanol–water partition coefficient (Wildman–Crippen LogP) is -0.187. The monoisotopic (exact) mass is 266 g/mol. The number of carbonyl (C=O) groups is 2. The Morgan fingerprint density at radius 2 is 2.00 bits per heavy atom. The molecule has 106 valence electrons. The van der Waals surface area contributed by atoms with Crippen LogP contribution in [0.3, 0.4) is 0 Å². The highest BCUT2D eigenvalue weighted by Gasteiger charge is 2.40. The van der Waals surface area contributed by atoms with E-state index >= 15 is 0 Å². The molecule has 0 aromatic rings. The highest BCUT2D eigenvalue weighted by atomic mass is 16.2. The normalized spacial score (nSPS) is 25.7. The van der Waals surface area contributed by atoms with E-state index in [-0.39, 0.29) is 36.4 Å². The summed E-state index contributed by atoms with van der Waals surface area (Å²) in [4.78, 5) is 27.3. The molecule has 3 atom stereocenters. The lowest BCUT2D eigenvalue weighted by atomic mass is 9.98. The van der Waals surface area contributed by atoms with Gasteiger partial charge in [-0.3, -0.25) is 9.59 Å². The highest BCUT2D eigenvalue weighted by molar-refractivity contribution is 5.86. The quantitative estimate of drug-likeness (QED) is 0.716. The zero-order valence-electron chi connectivity index (χ0n) is 12.0. The Morgan fingerprint density at radius 3 is 2.47 bits per heavy atom. The smallest absolute Gasteiger partial charge is 0.240 e. The SMILES string of the molecule is CCN(CC#N)C(=O)[C@@H]1C[C@H](C(=O)N(C)C)[C@H](C)N1. The van der Waals surface area contributed by atoms with Crippen molar-refractivity contribution in [3.63, 3.8) is 0 Å². The number of nitriles is 1. The van der Waals surface area contributed by atoms with Crippen LogP contribution in [0, 0.1) is 17.2 Å². The van der Waals surface area contributed by atoms with Crippen molar-refractivity contribution in [3.05, 3.63) is 0 Å². The van der Waals surface area contributed by atoms with Gasteiger partial charge in [0.1, 0.15) is 6.54 Å². The molecule has 1 N–H and O–H groups in total. The first kappa shape index (κ1) is 15.4. The van der Waals surface area contributed by atoms with E-state index in [1.807, 2.05) is 19.9 Å². The van der Waals surface area contributed by atoms with Gasteiger partial charge in [-0.15, -0.1) is 0 Å². The van der Waals surface area contributed by atoms with Crippen LogP contribution in [0.4, 0.5) is 0 Å². The minimum atomic E-state index is -0.364. The van der Waals surface area contributed by atoms with Crippen LogP contribution in [-0.2, 0) is 9.59 Å². The molecule has 1 rings (SSSR count). The Balaban J connectivity index is 2.71. The number of hydrogen-bond donors (Lipinski definition) is 1. The first-order valence-electron chi connectivity index (χ1n) is 6.55. The first-order valence-corrected chi connectivity index (χ1v) is 6.55. The Labute approximate surface area is 114 Å². The maximum Gasteiger partial charge on any atom is 0.240 e. The van der Waals surface area contributed by atoms with Crippen LogP contribution >= 0.6 is 0 Å². The summed E-state index contributed by atoms with van der Waals surface area (Å²) in [5.74, 6) is -0.228. The molecule has 1 saturated heterocycles. The molecule has 2 amide bonds. The van der Waals surface area contributed by atoms with Crippen molar-refractivity contribution < 1.29 is 9.59 Å². The lowest BCUT2D eigenvalue weighted by Crippen LogP contribution is -2.45. The van der Waals surface area contributed by atoms with Crippen LogP contribution in [0.1, 0.15) is 20.3 Å². The molecule has 0 unspecified atom stereocenters. The molecule has 0 aromatic carbocycles.